The molecule has 3 aliphatic rings. The van der Waals surface area contributed by atoms with Crippen LogP contribution in [0.2, 0.25) is 0 Å². The van der Waals surface area contributed by atoms with E-state index < -0.39 is 5.79 Å². The van der Waals surface area contributed by atoms with Gasteiger partial charge in [0.2, 0.25) is 0 Å². The largest absolute Gasteiger partial charge is 0.359 e. The maximum absolute atomic E-state index is 12.1. The number of hydrogen-bond acceptors (Lipinski definition) is 5. The number of ketones is 1. The number of carbonyl (C=O) groups excluding carboxylic acids is 1. The normalized spacial score (nSPS) is 32.8. The number of Topliss-reactive ketones (excluding diaryl/α,β-unsaturated/α-hetero) is 1. The highest BCUT2D eigenvalue weighted by Gasteiger charge is 2.58. The van der Waals surface area contributed by atoms with Crippen molar-refractivity contribution in [2.45, 2.75) is 51.2 Å². The summed E-state index contributed by atoms with van der Waals surface area (Å²) < 4.78 is 22.6. The Labute approximate surface area is 138 Å². The van der Waals surface area contributed by atoms with Gasteiger partial charge < -0.3 is 18.9 Å². The summed E-state index contributed by atoms with van der Waals surface area (Å²) in [4.78, 5) is 12.1. The number of carbonyl (C=O) groups is 1. The smallest absolute Gasteiger partial charge is 0.168 e. The Morgan fingerprint density at radius 3 is 2.30 bits per heavy atom. The van der Waals surface area contributed by atoms with Gasteiger partial charge in [0.05, 0.1) is 19.8 Å². The van der Waals surface area contributed by atoms with E-state index >= 15 is 0 Å². The number of hydrogen-bond donors (Lipinski definition) is 0. The molecule has 3 rings (SSSR count). The Morgan fingerprint density at radius 1 is 1.13 bits per heavy atom. The van der Waals surface area contributed by atoms with Gasteiger partial charge in [-0.1, -0.05) is 13.5 Å². The number of rotatable bonds is 5. The molecule has 1 saturated heterocycles. The Morgan fingerprint density at radius 2 is 1.78 bits per heavy atom. The molecule has 2 aliphatic carbocycles. The van der Waals surface area contributed by atoms with Gasteiger partial charge in [-0.25, -0.2) is 0 Å². The maximum Gasteiger partial charge on any atom is 0.168 e. The molecule has 0 aromatic heterocycles. The summed E-state index contributed by atoms with van der Waals surface area (Å²) in [5.41, 5.74) is 0.454. The van der Waals surface area contributed by atoms with Crippen LogP contribution in [-0.2, 0) is 23.7 Å². The predicted octanol–water partition coefficient (Wildman–Crippen LogP) is 2.84. The van der Waals surface area contributed by atoms with Crippen LogP contribution in [0.15, 0.2) is 12.2 Å². The Kier molecular flexibility index (Phi) is 4.67. The monoisotopic (exact) mass is 324 g/mol. The van der Waals surface area contributed by atoms with Crippen molar-refractivity contribution in [2.24, 2.45) is 10.8 Å². The number of ether oxygens (including phenoxy) is 4. The van der Waals surface area contributed by atoms with Gasteiger partial charge in [-0.2, -0.15) is 0 Å². The minimum atomic E-state index is -0.412. The third-order valence-electron chi connectivity index (χ3n) is 6.39. The Balaban J connectivity index is 1.81. The van der Waals surface area contributed by atoms with Gasteiger partial charge in [0.1, 0.15) is 6.79 Å². The second kappa shape index (κ2) is 6.28. The van der Waals surface area contributed by atoms with E-state index in [1.54, 1.807) is 7.11 Å². The average Bonchev–Trinajstić information content (AvgIpc) is 3.12. The zero-order valence-electron chi connectivity index (χ0n) is 14.3. The molecule has 0 radical (unpaired) electrons. The molecule has 1 unspecified atom stereocenters. The molecule has 0 N–H and O–H groups in total. The van der Waals surface area contributed by atoms with E-state index in [1.165, 1.54) is 0 Å². The minimum Gasteiger partial charge on any atom is -0.359 e. The molecule has 3 fully saturated rings. The molecule has 1 heterocycles. The van der Waals surface area contributed by atoms with Crippen LogP contribution in [0.3, 0.4) is 0 Å². The molecule has 1 spiro atoms. The molecule has 1 aliphatic heterocycles. The molecule has 5 heteroatoms. The fraction of sp³-hybridized carbons (Fsp3) is 0.833. The topological polar surface area (TPSA) is 54.0 Å². The molecule has 1 atom stereocenters. The second-order valence-electron chi connectivity index (χ2n) is 7.38. The van der Waals surface area contributed by atoms with E-state index in [0.717, 1.165) is 37.7 Å². The summed E-state index contributed by atoms with van der Waals surface area (Å²) in [6, 6.07) is 0. The first-order valence-corrected chi connectivity index (χ1v) is 8.54. The fourth-order valence-corrected chi connectivity index (χ4v) is 4.63. The lowest BCUT2D eigenvalue weighted by molar-refractivity contribution is -0.211. The van der Waals surface area contributed by atoms with Gasteiger partial charge >= 0.3 is 0 Å². The van der Waals surface area contributed by atoms with E-state index in [9.17, 15) is 4.79 Å². The molecular weight excluding hydrogens is 296 g/mol. The van der Waals surface area contributed by atoms with Gasteiger partial charge in [-0.15, -0.1) is 0 Å². The van der Waals surface area contributed by atoms with Crippen LogP contribution >= 0.6 is 0 Å². The van der Waals surface area contributed by atoms with Crippen molar-refractivity contribution in [3.63, 3.8) is 0 Å². The molecule has 0 amide bonds. The highest BCUT2D eigenvalue weighted by Crippen LogP contribution is 2.60. The van der Waals surface area contributed by atoms with Gasteiger partial charge in [0.15, 0.2) is 11.6 Å². The van der Waals surface area contributed by atoms with E-state index in [4.69, 9.17) is 18.9 Å². The van der Waals surface area contributed by atoms with Crippen molar-refractivity contribution >= 4 is 5.78 Å². The zero-order valence-corrected chi connectivity index (χ0v) is 14.3. The van der Waals surface area contributed by atoms with Gasteiger partial charge in [-0.05, 0) is 24.8 Å². The molecule has 130 valence electrons. The van der Waals surface area contributed by atoms with E-state index in [2.05, 4.69) is 13.5 Å². The van der Waals surface area contributed by atoms with Crippen LogP contribution in [0.25, 0.3) is 0 Å². The van der Waals surface area contributed by atoms with E-state index in [-0.39, 0.29) is 23.4 Å². The average molecular weight is 324 g/mol. The third-order valence-corrected chi connectivity index (χ3v) is 6.39. The summed E-state index contributed by atoms with van der Waals surface area (Å²) in [6.07, 6.45) is 4.98. The van der Waals surface area contributed by atoms with Gasteiger partial charge in [0.25, 0.3) is 0 Å². The van der Waals surface area contributed by atoms with Crippen LogP contribution < -0.4 is 0 Å². The number of allylic oxidation sites excluding steroid dienone is 1. The van der Waals surface area contributed by atoms with Crippen LogP contribution in [-0.4, -0.2) is 45.3 Å². The van der Waals surface area contributed by atoms with Crippen molar-refractivity contribution in [3.8, 4) is 0 Å². The van der Waals surface area contributed by atoms with Gasteiger partial charge in [0, 0.05) is 37.2 Å². The summed E-state index contributed by atoms with van der Waals surface area (Å²) in [5, 5.41) is 0. The van der Waals surface area contributed by atoms with Crippen LogP contribution in [0.4, 0.5) is 0 Å². The van der Waals surface area contributed by atoms with Crippen LogP contribution in [0, 0.1) is 10.8 Å². The van der Waals surface area contributed by atoms with E-state index in [0.29, 0.717) is 26.2 Å². The fourth-order valence-electron chi connectivity index (χ4n) is 4.63. The van der Waals surface area contributed by atoms with Crippen molar-refractivity contribution in [2.75, 3.05) is 33.7 Å². The predicted molar refractivity (Wildman–Crippen MR) is 84.9 cm³/mol. The van der Waals surface area contributed by atoms with Crippen molar-refractivity contribution in [1.29, 1.82) is 0 Å². The Hall–Kier alpha value is -0.750. The lowest BCUT2D eigenvalue weighted by Gasteiger charge is -2.52. The van der Waals surface area contributed by atoms with Crippen molar-refractivity contribution in [3.05, 3.63) is 12.2 Å². The molecule has 0 aromatic carbocycles. The van der Waals surface area contributed by atoms with Crippen molar-refractivity contribution in [1.82, 2.24) is 0 Å². The van der Waals surface area contributed by atoms with Gasteiger partial charge in [-0.3, -0.25) is 4.79 Å². The number of methoxy groups -OCH3 is 1. The summed E-state index contributed by atoms with van der Waals surface area (Å²) in [6.45, 7) is 8.52. The summed E-state index contributed by atoms with van der Waals surface area (Å²) in [7, 11) is 1.63. The lowest BCUT2D eigenvalue weighted by atomic mass is 9.55. The first-order valence-electron chi connectivity index (χ1n) is 8.54. The first-order chi connectivity index (χ1) is 11.0. The second-order valence-corrected chi connectivity index (χ2v) is 7.38. The molecule has 5 nitrogen and oxygen atoms in total. The van der Waals surface area contributed by atoms with Crippen LogP contribution in [0.5, 0.6) is 0 Å². The minimum absolute atomic E-state index is 0.102. The maximum atomic E-state index is 12.1. The summed E-state index contributed by atoms with van der Waals surface area (Å²) >= 11 is 0. The molecule has 0 bridgehead atoms. The SMILES string of the molecule is C=C1C(=O)CCC1(C)C1(COCOC)CCC2(CC1)OCCO2. The molecule has 2 saturated carbocycles. The zero-order chi connectivity index (χ0) is 16.6. The molecule has 0 aromatic rings. The standard InChI is InChI=1S/C18H28O5/c1-14-15(19)4-5-16(14,2)17(12-21-13-20-3)6-8-18(9-7-17)22-10-11-23-18/h1,4-13H2,2-3H3. The van der Waals surface area contributed by atoms with E-state index in [1.807, 2.05) is 0 Å². The molecule has 23 heavy (non-hydrogen) atoms. The summed E-state index contributed by atoms with van der Waals surface area (Å²) in [5.74, 6) is -0.210. The Bertz CT molecular complexity index is 470. The van der Waals surface area contributed by atoms with Crippen molar-refractivity contribution < 1.29 is 23.7 Å². The quantitative estimate of drug-likeness (QED) is 0.442. The lowest BCUT2D eigenvalue weighted by Crippen LogP contribution is -2.50. The molecular formula is C18H28O5. The highest BCUT2D eigenvalue weighted by molar-refractivity contribution is 5.98. The highest BCUT2D eigenvalue weighted by atomic mass is 16.7. The third kappa shape index (κ3) is 2.78. The van der Waals surface area contributed by atoms with Crippen LogP contribution in [0.1, 0.15) is 45.4 Å². The first kappa shape index (κ1) is 17.1.